The number of aromatic nitrogens is 1. The third-order valence-electron chi connectivity index (χ3n) is 3.32. The van der Waals surface area contributed by atoms with Crippen LogP contribution in [0, 0.1) is 20.8 Å². The second-order valence-electron chi connectivity index (χ2n) is 4.21. The standard InChI is InChI=1S/C12H12N2O2/c1-5-6(2)11-10(14-7(5)3)9-8(16-11)4-13-12(9)15/h4H2,1-3H3,(H,13,15). The lowest BCUT2D eigenvalue weighted by molar-refractivity contribution is 0.0967. The molecule has 0 saturated carbocycles. The van der Waals surface area contributed by atoms with Gasteiger partial charge in [0, 0.05) is 5.69 Å². The second-order valence-corrected chi connectivity index (χ2v) is 4.21. The van der Waals surface area contributed by atoms with Crippen molar-refractivity contribution in [3.63, 3.8) is 0 Å². The van der Waals surface area contributed by atoms with Crippen molar-refractivity contribution < 1.29 is 9.21 Å². The first kappa shape index (κ1) is 9.39. The van der Waals surface area contributed by atoms with Crippen molar-refractivity contribution in [3.8, 4) is 0 Å². The molecule has 0 radical (unpaired) electrons. The number of nitrogens with zero attached hydrogens (tertiary/aromatic N) is 1. The molecule has 2 aromatic rings. The smallest absolute Gasteiger partial charge is 0.257 e. The molecule has 0 saturated heterocycles. The molecular formula is C12H12N2O2. The highest BCUT2D eigenvalue weighted by molar-refractivity contribution is 6.08. The number of carbonyl (C=O) groups excluding carboxylic acids is 1. The highest BCUT2D eigenvalue weighted by Crippen LogP contribution is 2.31. The number of carbonyl (C=O) groups is 1. The van der Waals surface area contributed by atoms with Gasteiger partial charge in [-0.05, 0) is 31.9 Å². The van der Waals surface area contributed by atoms with Crippen LogP contribution < -0.4 is 5.32 Å². The maximum Gasteiger partial charge on any atom is 0.257 e. The number of fused-ring (bicyclic) bond motifs is 3. The van der Waals surface area contributed by atoms with Crippen LogP contribution in [-0.4, -0.2) is 10.9 Å². The lowest BCUT2D eigenvalue weighted by Gasteiger charge is -2.04. The van der Waals surface area contributed by atoms with Crippen molar-refractivity contribution in [2.24, 2.45) is 0 Å². The van der Waals surface area contributed by atoms with Crippen LogP contribution in [0.2, 0.25) is 0 Å². The molecule has 1 amide bonds. The van der Waals surface area contributed by atoms with E-state index in [-0.39, 0.29) is 5.91 Å². The molecule has 3 rings (SSSR count). The average molecular weight is 216 g/mol. The molecule has 1 aliphatic heterocycles. The van der Waals surface area contributed by atoms with Crippen LogP contribution in [0.4, 0.5) is 0 Å². The van der Waals surface area contributed by atoms with Gasteiger partial charge in [0.05, 0.1) is 6.54 Å². The van der Waals surface area contributed by atoms with Crippen molar-refractivity contribution >= 4 is 17.0 Å². The van der Waals surface area contributed by atoms with Crippen LogP contribution in [0.15, 0.2) is 4.42 Å². The molecule has 0 bridgehead atoms. The molecule has 2 aromatic heterocycles. The van der Waals surface area contributed by atoms with E-state index in [1.165, 1.54) is 0 Å². The van der Waals surface area contributed by atoms with E-state index >= 15 is 0 Å². The first-order valence-corrected chi connectivity index (χ1v) is 5.27. The first-order chi connectivity index (χ1) is 7.59. The van der Waals surface area contributed by atoms with E-state index in [0.717, 1.165) is 22.4 Å². The van der Waals surface area contributed by atoms with E-state index in [1.807, 2.05) is 20.8 Å². The minimum atomic E-state index is -0.0797. The van der Waals surface area contributed by atoms with Crippen molar-refractivity contribution in [2.75, 3.05) is 0 Å². The van der Waals surface area contributed by atoms with Gasteiger partial charge in [-0.25, -0.2) is 4.98 Å². The Morgan fingerprint density at radius 3 is 2.75 bits per heavy atom. The Bertz CT molecular complexity index is 626. The van der Waals surface area contributed by atoms with Gasteiger partial charge in [-0.3, -0.25) is 4.79 Å². The highest BCUT2D eigenvalue weighted by Gasteiger charge is 2.28. The van der Waals surface area contributed by atoms with E-state index in [0.29, 0.717) is 23.4 Å². The van der Waals surface area contributed by atoms with Crippen molar-refractivity contribution in [2.45, 2.75) is 27.3 Å². The Kier molecular flexibility index (Phi) is 1.67. The Morgan fingerprint density at radius 2 is 2.00 bits per heavy atom. The lowest BCUT2D eigenvalue weighted by Crippen LogP contribution is -2.13. The fourth-order valence-electron chi connectivity index (χ4n) is 2.13. The number of hydrogen-bond acceptors (Lipinski definition) is 3. The molecule has 0 aliphatic carbocycles. The molecule has 0 unspecified atom stereocenters. The molecule has 3 heterocycles. The lowest BCUT2D eigenvalue weighted by atomic mass is 10.1. The number of rotatable bonds is 0. The van der Waals surface area contributed by atoms with Gasteiger partial charge in [0.15, 0.2) is 5.58 Å². The Labute approximate surface area is 92.7 Å². The molecular weight excluding hydrogens is 204 g/mol. The first-order valence-electron chi connectivity index (χ1n) is 5.27. The number of aryl methyl sites for hydroxylation is 2. The summed E-state index contributed by atoms with van der Waals surface area (Å²) in [5, 5.41) is 2.74. The number of furan rings is 1. The summed E-state index contributed by atoms with van der Waals surface area (Å²) in [6.45, 7) is 6.45. The van der Waals surface area contributed by atoms with Crippen LogP contribution in [0.3, 0.4) is 0 Å². The maximum atomic E-state index is 11.6. The SMILES string of the molecule is Cc1nc2c3c(oc2c(C)c1C)CNC3=O. The summed E-state index contributed by atoms with van der Waals surface area (Å²) < 4.78 is 5.70. The Morgan fingerprint density at radius 1 is 1.25 bits per heavy atom. The van der Waals surface area contributed by atoms with E-state index in [4.69, 9.17) is 4.42 Å². The second kappa shape index (κ2) is 2.84. The molecule has 1 N–H and O–H groups in total. The van der Waals surface area contributed by atoms with Crippen molar-refractivity contribution in [3.05, 3.63) is 28.1 Å². The largest absolute Gasteiger partial charge is 0.456 e. The van der Waals surface area contributed by atoms with E-state index in [2.05, 4.69) is 10.3 Å². The van der Waals surface area contributed by atoms with Crippen LogP contribution in [0.25, 0.3) is 11.1 Å². The topological polar surface area (TPSA) is 55.1 Å². The van der Waals surface area contributed by atoms with Gasteiger partial charge in [-0.1, -0.05) is 0 Å². The van der Waals surface area contributed by atoms with Gasteiger partial charge in [0.2, 0.25) is 0 Å². The van der Waals surface area contributed by atoms with Crippen molar-refractivity contribution in [1.82, 2.24) is 10.3 Å². The third kappa shape index (κ3) is 0.988. The molecule has 0 spiro atoms. The van der Waals surface area contributed by atoms with Crippen LogP contribution in [0.1, 0.15) is 32.9 Å². The number of amides is 1. The fourth-order valence-corrected chi connectivity index (χ4v) is 2.13. The highest BCUT2D eigenvalue weighted by atomic mass is 16.3. The van der Waals surface area contributed by atoms with E-state index in [1.54, 1.807) is 0 Å². The molecule has 16 heavy (non-hydrogen) atoms. The Balaban J connectivity index is 2.48. The molecule has 4 heteroatoms. The molecule has 0 aromatic carbocycles. The quantitative estimate of drug-likeness (QED) is 0.732. The number of pyridine rings is 1. The van der Waals surface area contributed by atoms with E-state index < -0.39 is 0 Å². The predicted molar refractivity (Wildman–Crippen MR) is 59.4 cm³/mol. The number of nitrogens with one attached hydrogen (secondary N) is 1. The molecule has 0 atom stereocenters. The summed E-state index contributed by atoms with van der Waals surface area (Å²) in [6.07, 6.45) is 0. The summed E-state index contributed by atoms with van der Waals surface area (Å²) in [6, 6.07) is 0. The zero-order valence-electron chi connectivity index (χ0n) is 9.47. The summed E-state index contributed by atoms with van der Waals surface area (Å²) in [7, 11) is 0. The summed E-state index contributed by atoms with van der Waals surface area (Å²) in [5.74, 6) is 0.629. The molecule has 4 nitrogen and oxygen atoms in total. The van der Waals surface area contributed by atoms with Gasteiger partial charge in [-0.15, -0.1) is 0 Å². The zero-order valence-corrected chi connectivity index (χ0v) is 9.47. The third-order valence-corrected chi connectivity index (χ3v) is 3.32. The minimum Gasteiger partial charge on any atom is -0.456 e. The van der Waals surface area contributed by atoms with Gasteiger partial charge in [-0.2, -0.15) is 0 Å². The normalized spacial score (nSPS) is 14.3. The molecule has 82 valence electrons. The zero-order chi connectivity index (χ0) is 11.4. The van der Waals surface area contributed by atoms with Gasteiger partial charge >= 0.3 is 0 Å². The van der Waals surface area contributed by atoms with Crippen LogP contribution in [-0.2, 0) is 6.54 Å². The maximum absolute atomic E-state index is 11.6. The van der Waals surface area contributed by atoms with Gasteiger partial charge in [0.1, 0.15) is 16.8 Å². The van der Waals surface area contributed by atoms with Crippen LogP contribution in [0.5, 0.6) is 0 Å². The van der Waals surface area contributed by atoms with E-state index in [9.17, 15) is 4.79 Å². The number of hydrogen-bond donors (Lipinski definition) is 1. The summed E-state index contributed by atoms with van der Waals surface area (Å²) in [4.78, 5) is 16.1. The predicted octanol–water partition coefficient (Wildman–Crippen LogP) is 2.00. The summed E-state index contributed by atoms with van der Waals surface area (Å²) >= 11 is 0. The van der Waals surface area contributed by atoms with Crippen LogP contribution >= 0.6 is 0 Å². The molecule has 1 aliphatic rings. The van der Waals surface area contributed by atoms with Gasteiger partial charge < -0.3 is 9.73 Å². The van der Waals surface area contributed by atoms with Crippen molar-refractivity contribution in [1.29, 1.82) is 0 Å². The average Bonchev–Trinajstić information content (AvgIpc) is 2.77. The summed E-state index contributed by atoms with van der Waals surface area (Å²) in [5.41, 5.74) is 5.22. The molecule has 0 fully saturated rings. The Hall–Kier alpha value is -1.84. The minimum absolute atomic E-state index is 0.0797. The van der Waals surface area contributed by atoms with Gasteiger partial charge in [0.25, 0.3) is 5.91 Å². The monoisotopic (exact) mass is 216 g/mol. The fraction of sp³-hybridized carbons (Fsp3) is 0.333.